The van der Waals surface area contributed by atoms with Crippen LogP contribution in [0.15, 0.2) is 24.3 Å². The van der Waals surface area contributed by atoms with Gasteiger partial charge in [-0.1, -0.05) is 18.2 Å². The summed E-state index contributed by atoms with van der Waals surface area (Å²) < 4.78 is 40.7. The first-order chi connectivity index (χ1) is 9.38. The number of alkyl halides is 3. The Labute approximate surface area is 117 Å². The summed E-state index contributed by atoms with van der Waals surface area (Å²) in [5.74, 6) is -0.138. The molecule has 0 radical (unpaired) electrons. The Balaban J connectivity index is 2.36. The second kappa shape index (κ2) is 8.11. The molecule has 0 saturated heterocycles. The molecule has 0 aromatic heterocycles. The molecule has 1 N–H and O–H groups in total. The lowest BCUT2D eigenvalue weighted by Gasteiger charge is -2.14. The van der Waals surface area contributed by atoms with Crippen molar-refractivity contribution in [3.05, 3.63) is 29.8 Å². The quantitative estimate of drug-likeness (QED) is 0.745. The van der Waals surface area contributed by atoms with Crippen LogP contribution in [0.5, 0.6) is 5.75 Å². The van der Waals surface area contributed by atoms with Crippen LogP contribution in [-0.4, -0.2) is 38.4 Å². The van der Waals surface area contributed by atoms with Crippen LogP contribution in [0.1, 0.15) is 18.4 Å². The normalized spacial score (nSPS) is 11.9. The lowest BCUT2D eigenvalue weighted by Crippen LogP contribution is -2.21. The van der Waals surface area contributed by atoms with Gasteiger partial charge in [0.1, 0.15) is 5.75 Å². The van der Waals surface area contributed by atoms with E-state index in [0.29, 0.717) is 12.1 Å². The van der Waals surface area contributed by atoms with E-state index in [0.717, 1.165) is 25.9 Å². The number of hydrogen-bond acceptors (Lipinski definition) is 3. The number of hydrogen-bond donors (Lipinski definition) is 1. The van der Waals surface area contributed by atoms with Crippen LogP contribution in [0.2, 0.25) is 0 Å². The molecule has 1 rings (SSSR count). The molecule has 0 atom stereocenters. The summed E-state index contributed by atoms with van der Waals surface area (Å²) in [6.45, 7) is 2.15. The summed E-state index contributed by atoms with van der Waals surface area (Å²) in [6.07, 6.45) is -2.61. The van der Waals surface area contributed by atoms with E-state index in [-0.39, 0.29) is 5.75 Å². The third kappa shape index (κ3) is 7.35. The number of para-hydroxylation sites is 1. The molecule has 1 aromatic rings. The molecule has 3 nitrogen and oxygen atoms in total. The number of nitrogens with one attached hydrogen (secondary N) is 1. The van der Waals surface area contributed by atoms with Crippen molar-refractivity contribution in [3.63, 3.8) is 0 Å². The Morgan fingerprint density at radius 3 is 2.50 bits per heavy atom. The largest absolute Gasteiger partial charge is 0.573 e. The molecule has 6 heteroatoms. The Morgan fingerprint density at radius 2 is 1.85 bits per heavy atom. The maximum atomic E-state index is 12.2. The van der Waals surface area contributed by atoms with Gasteiger partial charge in [-0.2, -0.15) is 0 Å². The van der Waals surface area contributed by atoms with Crippen LogP contribution in [0.4, 0.5) is 13.2 Å². The summed E-state index contributed by atoms with van der Waals surface area (Å²) in [6, 6.07) is 6.19. The molecule has 0 bridgehead atoms. The summed E-state index contributed by atoms with van der Waals surface area (Å²) >= 11 is 0. The average molecular weight is 290 g/mol. The van der Waals surface area contributed by atoms with Crippen molar-refractivity contribution >= 4 is 0 Å². The SMILES string of the molecule is CN(C)CCCCNCc1ccccc1OC(F)(F)F. The maximum Gasteiger partial charge on any atom is 0.573 e. The molecule has 0 spiro atoms. The van der Waals surface area contributed by atoms with E-state index < -0.39 is 6.36 Å². The zero-order chi connectivity index (χ0) is 15.0. The van der Waals surface area contributed by atoms with E-state index in [2.05, 4.69) is 15.0 Å². The first-order valence-corrected chi connectivity index (χ1v) is 6.57. The molecule has 0 aliphatic heterocycles. The van der Waals surface area contributed by atoms with Gasteiger partial charge in [0.25, 0.3) is 0 Å². The predicted octanol–water partition coefficient (Wildman–Crippen LogP) is 3.02. The maximum absolute atomic E-state index is 12.2. The van der Waals surface area contributed by atoms with E-state index in [4.69, 9.17) is 0 Å². The molecule has 0 amide bonds. The molecule has 0 aliphatic carbocycles. The second-order valence-corrected chi connectivity index (χ2v) is 4.84. The van der Waals surface area contributed by atoms with Gasteiger partial charge in [0.15, 0.2) is 0 Å². The van der Waals surface area contributed by atoms with Crippen molar-refractivity contribution in [3.8, 4) is 5.75 Å². The first-order valence-electron chi connectivity index (χ1n) is 6.57. The lowest BCUT2D eigenvalue weighted by molar-refractivity contribution is -0.274. The monoisotopic (exact) mass is 290 g/mol. The van der Waals surface area contributed by atoms with E-state index in [1.807, 2.05) is 14.1 Å². The Bertz CT molecular complexity index is 394. The van der Waals surface area contributed by atoms with E-state index in [9.17, 15) is 13.2 Å². The van der Waals surface area contributed by atoms with Gasteiger partial charge in [0.2, 0.25) is 0 Å². The zero-order valence-electron chi connectivity index (χ0n) is 11.8. The van der Waals surface area contributed by atoms with Gasteiger partial charge in [-0.25, -0.2) is 0 Å². The smallest absolute Gasteiger partial charge is 0.405 e. The van der Waals surface area contributed by atoms with Gasteiger partial charge in [-0.3, -0.25) is 0 Å². The Hall–Kier alpha value is -1.27. The highest BCUT2D eigenvalue weighted by atomic mass is 19.4. The number of unbranched alkanes of at least 4 members (excludes halogenated alkanes) is 1. The highest BCUT2D eigenvalue weighted by molar-refractivity contribution is 5.33. The van der Waals surface area contributed by atoms with Crippen LogP contribution in [-0.2, 0) is 6.54 Å². The summed E-state index contributed by atoms with van der Waals surface area (Å²) in [5, 5.41) is 3.14. The third-order valence-electron chi connectivity index (χ3n) is 2.72. The third-order valence-corrected chi connectivity index (χ3v) is 2.72. The molecular weight excluding hydrogens is 269 g/mol. The standard InChI is InChI=1S/C14H21F3N2O/c1-19(2)10-6-5-9-18-11-12-7-3-4-8-13(12)20-14(15,16)17/h3-4,7-8,18H,5-6,9-11H2,1-2H3. The molecule has 114 valence electrons. The molecule has 0 unspecified atom stereocenters. The van der Waals surface area contributed by atoms with Crippen LogP contribution in [0.25, 0.3) is 0 Å². The van der Waals surface area contributed by atoms with Gasteiger partial charge in [0.05, 0.1) is 0 Å². The van der Waals surface area contributed by atoms with Gasteiger partial charge < -0.3 is 15.0 Å². The molecule has 0 fully saturated rings. The number of halogens is 3. The predicted molar refractivity (Wildman–Crippen MR) is 72.6 cm³/mol. The molecule has 0 saturated carbocycles. The van der Waals surface area contributed by atoms with Crippen molar-refractivity contribution < 1.29 is 17.9 Å². The number of nitrogens with zero attached hydrogens (tertiary/aromatic N) is 1. The topological polar surface area (TPSA) is 24.5 Å². The minimum atomic E-state index is -4.65. The van der Waals surface area contributed by atoms with E-state index in [1.54, 1.807) is 12.1 Å². The van der Waals surface area contributed by atoms with Crippen molar-refractivity contribution in [1.29, 1.82) is 0 Å². The lowest BCUT2D eigenvalue weighted by atomic mass is 10.2. The van der Waals surface area contributed by atoms with E-state index in [1.165, 1.54) is 12.1 Å². The van der Waals surface area contributed by atoms with Crippen molar-refractivity contribution in [2.75, 3.05) is 27.2 Å². The zero-order valence-corrected chi connectivity index (χ0v) is 11.8. The molecule has 0 heterocycles. The number of benzene rings is 1. The van der Waals surface area contributed by atoms with Crippen LogP contribution < -0.4 is 10.1 Å². The minimum absolute atomic E-state index is 0.138. The summed E-state index contributed by atoms with van der Waals surface area (Å²) in [7, 11) is 4.02. The fourth-order valence-corrected chi connectivity index (χ4v) is 1.78. The molecule has 1 aromatic carbocycles. The van der Waals surface area contributed by atoms with Gasteiger partial charge in [-0.05, 0) is 46.1 Å². The highest BCUT2D eigenvalue weighted by Crippen LogP contribution is 2.25. The fourth-order valence-electron chi connectivity index (χ4n) is 1.78. The number of rotatable bonds is 8. The first kappa shape index (κ1) is 16.8. The summed E-state index contributed by atoms with van der Waals surface area (Å²) in [5.41, 5.74) is 0.512. The van der Waals surface area contributed by atoms with Gasteiger partial charge in [0, 0.05) is 12.1 Å². The van der Waals surface area contributed by atoms with Crippen molar-refractivity contribution in [2.45, 2.75) is 25.7 Å². The number of ether oxygens (including phenoxy) is 1. The average Bonchev–Trinajstić information content (AvgIpc) is 2.33. The van der Waals surface area contributed by atoms with Crippen molar-refractivity contribution in [2.24, 2.45) is 0 Å². The minimum Gasteiger partial charge on any atom is -0.405 e. The van der Waals surface area contributed by atoms with Crippen LogP contribution >= 0.6 is 0 Å². The molecule has 0 aliphatic rings. The highest BCUT2D eigenvalue weighted by Gasteiger charge is 2.31. The van der Waals surface area contributed by atoms with Crippen LogP contribution in [0.3, 0.4) is 0 Å². The van der Waals surface area contributed by atoms with E-state index >= 15 is 0 Å². The van der Waals surface area contributed by atoms with Gasteiger partial charge >= 0.3 is 6.36 Å². The Kier molecular flexibility index (Phi) is 6.81. The summed E-state index contributed by atoms with van der Waals surface area (Å²) in [4.78, 5) is 2.10. The molecular formula is C14H21F3N2O. The van der Waals surface area contributed by atoms with Gasteiger partial charge in [-0.15, -0.1) is 13.2 Å². The van der Waals surface area contributed by atoms with Crippen molar-refractivity contribution in [1.82, 2.24) is 10.2 Å². The second-order valence-electron chi connectivity index (χ2n) is 4.84. The Morgan fingerprint density at radius 1 is 1.15 bits per heavy atom. The van der Waals surface area contributed by atoms with Crippen LogP contribution in [0, 0.1) is 0 Å². The molecule has 20 heavy (non-hydrogen) atoms. The fraction of sp³-hybridized carbons (Fsp3) is 0.571.